The van der Waals surface area contributed by atoms with Gasteiger partial charge in [0.05, 0.1) is 25.3 Å². The molecule has 1 aliphatic carbocycles. The van der Waals surface area contributed by atoms with Crippen molar-refractivity contribution in [3.8, 4) is 5.75 Å². The smallest absolute Gasteiger partial charge is 0.308 e. The molecule has 3 rings (SSSR count). The Morgan fingerprint density at radius 3 is 2.88 bits per heavy atom. The van der Waals surface area contributed by atoms with Gasteiger partial charge < -0.3 is 9.47 Å². The minimum Gasteiger partial charge on any atom is -0.490 e. The highest BCUT2D eigenvalue weighted by molar-refractivity contribution is 5.97. The zero-order valence-corrected chi connectivity index (χ0v) is 14.9. The van der Waals surface area contributed by atoms with Crippen LogP contribution in [0.2, 0.25) is 0 Å². The van der Waals surface area contributed by atoms with Crippen molar-refractivity contribution in [3.05, 3.63) is 29.7 Å². The molecule has 0 radical (unpaired) electrons. The zero-order chi connectivity index (χ0) is 18.0. The molecule has 2 aromatic rings. The number of pyridine rings is 1. The lowest BCUT2D eigenvalue weighted by atomic mass is 9.90. The summed E-state index contributed by atoms with van der Waals surface area (Å²) in [6.07, 6.45) is 4.81. The minimum absolute atomic E-state index is 0.0134. The van der Waals surface area contributed by atoms with Gasteiger partial charge >= 0.3 is 5.97 Å². The molecule has 1 saturated carbocycles. The highest BCUT2D eigenvalue weighted by Crippen LogP contribution is 2.36. The number of ether oxygens (including phenoxy) is 2. The fraction of sp³-hybridized carbons (Fsp3) is 0.526. The zero-order valence-electron chi connectivity index (χ0n) is 14.9. The molecule has 1 fully saturated rings. The fourth-order valence-corrected chi connectivity index (χ4v) is 3.84. The van der Waals surface area contributed by atoms with Gasteiger partial charge in [-0.05, 0) is 44.7 Å². The Kier molecular flexibility index (Phi) is 5.06. The first kappa shape index (κ1) is 17.5. The molecule has 2 atom stereocenters. The first-order valence-corrected chi connectivity index (χ1v) is 8.78. The van der Waals surface area contributed by atoms with Crippen LogP contribution >= 0.6 is 0 Å². The Hall–Kier alpha value is -2.37. The molecule has 0 aliphatic heterocycles. The summed E-state index contributed by atoms with van der Waals surface area (Å²) in [4.78, 5) is 29.4. The molecule has 134 valence electrons. The number of hydrogen-bond donors (Lipinski definition) is 0. The van der Waals surface area contributed by atoms with Crippen molar-refractivity contribution in [2.75, 3.05) is 13.7 Å². The van der Waals surface area contributed by atoms with Gasteiger partial charge in [0.1, 0.15) is 5.69 Å². The molecular weight excluding hydrogens is 320 g/mol. The molecule has 0 unspecified atom stereocenters. The Bertz CT molecular complexity index is 796. The number of methoxy groups -OCH3 is 1. The molecular formula is C19H24N2O4. The number of ketones is 1. The highest BCUT2D eigenvalue weighted by atomic mass is 16.5. The number of aryl methyl sites for hydroxylation is 1. The van der Waals surface area contributed by atoms with Crippen LogP contribution in [-0.4, -0.2) is 34.9 Å². The average molecular weight is 344 g/mol. The van der Waals surface area contributed by atoms with Crippen LogP contribution in [0.15, 0.2) is 18.3 Å². The number of Topliss-reactive ketones (excluding diaryl/α,β-unsaturated/α-hetero) is 1. The lowest BCUT2D eigenvalue weighted by Gasteiger charge is -2.16. The number of imidazole rings is 1. The van der Waals surface area contributed by atoms with Gasteiger partial charge in [-0.25, -0.2) is 4.98 Å². The van der Waals surface area contributed by atoms with Crippen molar-refractivity contribution in [2.24, 2.45) is 11.8 Å². The maximum atomic E-state index is 13.0. The van der Waals surface area contributed by atoms with Gasteiger partial charge in [0.15, 0.2) is 17.2 Å². The number of carbonyl (C=O) groups is 2. The van der Waals surface area contributed by atoms with E-state index < -0.39 is 0 Å². The number of hydrogen-bond acceptors (Lipinski definition) is 5. The van der Waals surface area contributed by atoms with Gasteiger partial charge in [-0.15, -0.1) is 0 Å². The summed E-state index contributed by atoms with van der Waals surface area (Å²) in [5, 5.41) is 0. The summed E-state index contributed by atoms with van der Waals surface area (Å²) in [5.41, 5.74) is 1.91. The fourth-order valence-electron chi connectivity index (χ4n) is 3.84. The lowest BCUT2D eigenvalue weighted by molar-refractivity contribution is -0.146. The van der Waals surface area contributed by atoms with E-state index in [-0.39, 0.29) is 23.6 Å². The third-order valence-corrected chi connectivity index (χ3v) is 4.96. The Morgan fingerprint density at radius 2 is 2.16 bits per heavy atom. The summed E-state index contributed by atoms with van der Waals surface area (Å²) in [6.45, 7) is 4.29. The van der Waals surface area contributed by atoms with E-state index in [0.29, 0.717) is 35.8 Å². The molecule has 0 bridgehead atoms. The maximum Gasteiger partial charge on any atom is 0.308 e. The van der Waals surface area contributed by atoms with Crippen LogP contribution in [0, 0.1) is 18.8 Å². The number of rotatable bonds is 6. The first-order valence-electron chi connectivity index (χ1n) is 8.78. The maximum absolute atomic E-state index is 13.0. The van der Waals surface area contributed by atoms with E-state index in [4.69, 9.17) is 9.47 Å². The van der Waals surface area contributed by atoms with Crippen LogP contribution in [-0.2, 0) is 9.53 Å². The SMILES string of the molecule is CCOc1cccn2c(C(=O)C[C@@H]3CCC[C@H]3C(=O)OC)c(C)nc12. The topological polar surface area (TPSA) is 69.9 Å². The van der Waals surface area contributed by atoms with E-state index in [1.807, 2.05) is 32.2 Å². The van der Waals surface area contributed by atoms with Crippen LogP contribution in [0.3, 0.4) is 0 Å². The highest BCUT2D eigenvalue weighted by Gasteiger charge is 2.36. The number of esters is 1. The predicted molar refractivity (Wildman–Crippen MR) is 92.9 cm³/mol. The van der Waals surface area contributed by atoms with Crippen molar-refractivity contribution in [1.82, 2.24) is 9.38 Å². The summed E-state index contributed by atoms with van der Waals surface area (Å²) >= 11 is 0. The third kappa shape index (κ3) is 3.25. The van der Waals surface area contributed by atoms with Gasteiger partial charge in [0.25, 0.3) is 0 Å². The van der Waals surface area contributed by atoms with E-state index in [1.165, 1.54) is 7.11 Å². The third-order valence-electron chi connectivity index (χ3n) is 4.96. The predicted octanol–water partition coefficient (Wildman–Crippen LogP) is 3.20. The van der Waals surface area contributed by atoms with Gasteiger partial charge in [-0.3, -0.25) is 14.0 Å². The average Bonchev–Trinajstić information content (AvgIpc) is 3.18. The molecule has 25 heavy (non-hydrogen) atoms. The second kappa shape index (κ2) is 7.25. The van der Waals surface area contributed by atoms with Gasteiger partial charge in [-0.1, -0.05) is 6.42 Å². The van der Waals surface area contributed by atoms with Crippen molar-refractivity contribution in [3.63, 3.8) is 0 Å². The Balaban J connectivity index is 1.89. The van der Waals surface area contributed by atoms with Gasteiger partial charge in [0, 0.05) is 12.6 Å². The largest absolute Gasteiger partial charge is 0.490 e. The van der Waals surface area contributed by atoms with E-state index in [2.05, 4.69) is 4.98 Å². The van der Waals surface area contributed by atoms with Crippen molar-refractivity contribution in [2.45, 2.75) is 39.5 Å². The molecule has 2 aromatic heterocycles. The van der Waals surface area contributed by atoms with Gasteiger partial charge in [-0.2, -0.15) is 0 Å². The quantitative estimate of drug-likeness (QED) is 0.594. The van der Waals surface area contributed by atoms with E-state index in [9.17, 15) is 9.59 Å². The number of aromatic nitrogens is 2. The monoisotopic (exact) mass is 344 g/mol. The molecule has 0 aromatic carbocycles. The summed E-state index contributed by atoms with van der Waals surface area (Å²) in [5.74, 6) is 0.344. The molecule has 0 saturated heterocycles. The summed E-state index contributed by atoms with van der Waals surface area (Å²) in [7, 11) is 1.41. The van der Waals surface area contributed by atoms with E-state index >= 15 is 0 Å². The van der Waals surface area contributed by atoms with Crippen LogP contribution in [0.25, 0.3) is 5.65 Å². The summed E-state index contributed by atoms with van der Waals surface area (Å²) < 4.78 is 12.3. The molecule has 6 heteroatoms. The summed E-state index contributed by atoms with van der Waals surface area (Å²) in [6, 6.07) is 3.70. The Morgan fingerprint density at radius 1 is 1.36 bits per heavy atom. The lowest BCUT2D eigenvalue weighted by Crippen LogP contribution is -2.23. The molecule has 0 N–H and O–H groups in total. The van der Waals surface area contributed by atoms with Crippen LogP contribution in [0.4, 0.5) is 0 Å². The molecule has 0 spiro atoms. The molecule has 2 heterocycles. The van der Waals surface area contributed by atoms with Gasteiger partial charge in [0.2, 0.25) is 0 Å². The van der Waals surface area contributed by atoms with Crippen LogP contribution < -0.4 is 4.74 Å². The Labute approximate surface area is 147 Å². The van der Waals surface area contributed by atoms with Crippen molar-refractivity contribution >= 4 is 17.4 Å². The van der Waals surface area contributed by atoms with Crippen molar-refractivity contribution < 1.29 is 19.1 Å². The van der Waals surface area contributed by atoms with Crippen LogP contribution in [0.5, 0.6) is 5.75 Å². The van der Waals surface area contributed by atoms with E-state index in [1.54, 1.807) is 4.40 Å². The molecule has 0 amide bonds. The number of nitrogens with zero attached hydrogens (tertiary/aromatic N) is 2. The van der Waals surface area contributed by atoms with Crippen molar-refractivity contribution in [1.29, 1.82) is 0 Å². The standard InChI is InChI=1S/C19H24N2O4/c1-4-25-16-9-6-10-21-17(12(2)20-18(16)21)15(22)11-13-7-5-8-14(13)19(23)24-3/h6,9-10,13-14H,4-5,7-8,11H2,1-3H3/t13-,14+/m0/s1. The van der Waals surface area contributed by atoms with E-state index in [0.717, 1.165) is 19.3 Å². The molecule has 1 aliphatic rings. The second-order valence-electron chi connectivity index (χ2n) is 6.49. The number of fused-ring (bicyclic) bond motifs is 1. The first-order chi connectivity index (χ1) is 12.1. The van der Waals surface area contributed by atoms with Crippen LogP contribution in [0.1, 0.15) is 48.8 Å². The number of carbonyl (C=O) groups excluding carboxylic acids is 2. The molecule has 6 nitrogen and oxygen atoms in total. The second-order valence-corrected chi connectivity index (χ2v) is 6.49. The normalized spacial score (nSPS) is 20.0. The minimum atomic E-state index is -0.205.